The van der Waals surface area contributed by atoms with Crippen LogP contribution in [0.4, 0.5) is 0 Å². The van der Waals surface area contributed by atoms with E-state index in [0.717, 1.165) is 12.8 Å². The first-order valence-corrected chi connectivity index (χ1v) is 5.73. The molecule has 2 heterocycles. The van der Waals surface area contributed by atoms with Crippen molar-refractivity contribution in [1.82, 2.24) is 0 Å². The van der Waals surface area contributed by atoms with Crippen molar-refractivity contribution in [2.24, 2.45) is 0 Å². The van der Waals surface area contributed by atoms with Crippen molar-refractivity contribution in [3.8, 4) is 0 Å². The summed E-state index contributed by atoms with van der Waals surface area (Å²) in [7, 11) is 1.58. The van der Waals surface area contributed by atoms with E-state index in [0.29, 0.717) is 0 Å². The van der Waals surface area contributed by atoms with E-state index in [9.17, 15) is 5.11 Å². The first-order chi connectivity index (χ1) is 7.48. The molecule has 3 rings (SSSR count). The number of aliphatic hydroxyl groups excluding tert-OH is 1. The van der Waals surface area contributed by atoms with E-state index >= 15 is 0 Å². The second kappa shape index (κ2) is 3.17. The minimum atomic E-state index is -0.627. The molecule has 1 saturated carbocycles. The summed E-state index contributed by atoms with van der Waals surface area (Å²) in [6.45, 7) is 3.74. The zero-order valence-corrected chi connectivity index (χ0v) is 9.80. The lowest BCUT2D eigenvalue weighted by Gasteiger charge is -2.45. The molecule has 0 aromatic rings. The molecular weight excluding hydrogens is 212 g/mol. The Labute approximate surface area is 94.6 Å². The van der Waals surface area contributed by atoms with Crippen LogP contribution in [-0.4, -0.2) is 48.2 Å². The summed E-state index contributed by atoms with van der Waals surface area (Å²) in [6, 6.07) is 0. The maximum absolute atomic E-state index is 9.91. The maximum Gasteiger partial charge on any atom is 0.187 e. The van der Waals surface area contributed by atoms with Crippen LogP contribution in [0.25, 0.3) is 0 Å². The average Bonchev–Trinajstić information content (AvgIpc) is 2.68. The molecule has 3 aliphatic rings. The van der Waals surface area contributed by atoms with E-state index in [-0.39, 0.29) is 12.2 Å². The van der Waals surface area contributed by atoms with E-state index in [1.54, 1.807) is 7.11 Å². The quantitative estimate of drug-likeness (QED) is 0.706. The smallest absolute Gasteiger partial charge is 0.187 e. The molecule has 2 saturated heterocycles. The van der Waals surface area contributed by atoms with Gasteiger partial charge in [0, 0.05) is 7.11 Å². The zero-order chi connectivity index (χ0) is 11.6. The molecule has 0 radical (unpaired) electrons. The largest absolute Gasteiger partial charge is 0.390 e. The maximum atomic E-state index is 9.91. The van der Waals surface area contributed by atoms with Crippen molar-refractivity contribution >= 4 is 0 Å². The van der Waals surface area contributed by atoms with Gasteiger partial charge in [-0.3, -0.25) is 0 Å². The van der Waals surface area contributed by atoms with E-state index in [2.05, 4.69) is 0 Å². The van der Waals surface area contributed by atoms with Crippen LogP contribution in [-0.2, 0) is 18.9 Å². The Balaban J connectivity index is 1.89. The van der Waals surface area contributed by atoms with Gasteiger partial charge in [0.1, 0.15) is 17.8 Å². The van der Waals surface area contributed by atoms with E-state index in [1.165, 1.54) is 0 Å². The fourth-order valence-corrected chi connectivity index (χ4v) is 2.93. The molecule has 1 N–H and O–H groups in total. The Morgan fingerprint density at radius 2 is 2.00 bits per heavy atom. The van der Waals surface area contributed by atoms with Crippen LogP contribution < -0.4 is 0 Å². The highest BCUT2D eigenvalue weighted by molar-refractivity contribution is 5.13. The number of methoxy groups -OCH3 is 1. The minimum Gasteiger partial charge on any atom is -0.390 e. The Morgan fingerprint density at radius 1 is 1.25 bits per heavy atom. The molecular formula is C11H18O5. The lowest BCUT2D eigenvalue weighted by atomic mass is 9.73. The van der Waals surface area contributed by atoms with E-state index < -0.39 is 23.8 Å². The van der Waals surface area contributed by atoms with E-state index in [4.69, 9.17) is 18.9 Å². The van der Waals surface area contributed by atoms with Gasteiger partial charge in [-0.25, -0.2) is 0 Å². The Hall–Kier alpha value is -0.200. The molecule has 0 aromatic carbocycles. The molecule has 5 heteroatoms. The van der Waals surface area contributed by atoms with Crippen molar-refractivity contribution in [3.63, 3.8) is 0 Å². The van der Waals surface area contributed by atoms with Crippen LogP contribution in [0.2, 0.25) is 0 Å². The summed E-state index contributed by atoms with van der Waals surface area (Å²) in [5.74, 6) is -0.627. The summed E-state index contributed by atoms with van der Waals surface area (Å²) >= 11 is 0. The number of aliphatic hydroxyl groups is 1. The fourth-order valence-electron chi connectivity index (χ4n) is 2.93. The van der Waals surface area contributed by atoms with Crippen LogP contribution in [0.3, 0.4) is 0 Å². The number of hydrogen-bond acceptors (Lipinski definition) is 5. The highest BCUT2D eigenvalue weighted by atomic mass is 16.8. The highest BCUT2D eigenvalue weighted by Crippen LogP contribution is 2.52. The summed E-state index contributed by atoms with van der Waals surface area (Å²) in [4.78, 5) is 0. The SMILES string of the molecule is COC1O[C@]2(CC[C@H]2O)[C@@H]2OC(C)(C)OC12. The molecule has 2 unspecified atom stereocenters. The van der Waals surface area contributed by atoms with Gasteiger partial charge in [-0.15, -0.1) is 0 Å². The van der Waals surface area contributed by atoms with Gasteiger partial charge in [0.15, 0.2) is 12.1 Å². The fraction of sp³-hybridized carbons (Fsp3) is 1.00. The molecule has 2 aliphatic heterocycles. The van der Waals surface area contributed by atoms with Gasteiger partial charge in [0.05, 0.1) is 6.10 Å². The Morgan fingerprint density at radius 3 is 2.50 bits per heavy atom. The van der Waals surface area contributed by atoms with Crippen LogP contribution >= 0.6 is 0 Å². The topological polar surface area (TPSA) is 57.2 Å². The molecule has 1 aliphatic carbocycles. The number of fused-ring (bicyclic) bond motifs is 2. The Kier molecular flexibility index (Phi) is 2.17. The molecule has 1 spiro atoms. The summed E-state index contributed by atoms with van der Waals surface area (Å²) in [6.07, 6.45) is 0.170. The van der Waals surface area contributed by atoms with E-state index in [1.807, 2.05) is 13.8 Å². The average molecular weight is 230 g/mol. The second-order valence-corrected chi connectivity index (χ2v) is 5.25. The molecule has 0 amide bonds. The standard InChI is InChI=1S/C11H18O5/c1-10(2)14-7-8(15-10)11(5-4-6(11)12)16-9(7)13-3/h6-9,12H,4-5H2,1-3H3/t6-,7?,8-,9?,11+/m1/s1. The van der Waals surface area contributed by atoms with Crippen LogP contribution in [0.5, 0.6) is 0 Å². The van der Waals surface area contributed by atoms with Gasteiger partial charge in [0.2, 0.25) is 0 Å². The molecule has 16 heavy (non-hydrogen) atoms. The van der Waals surface area contributed by atoms with Crippen LogP contribution in [0.15, 0.2) is 0 Å². The first kappa shape index (κ1) is 10.9. The van der Waals surface area contributed by atoms with Gasteiger partial charge in [-0.05, 0) is 26.7 Å². The van der Waals surface area contributed by atoms with Crippen molar-refractivity contribution in [3.05, 3.63) is 0 Å². The van der Waals surface area contributed by atoms with Crippen LogP contribution in [0, 0.1) is 0 Å². The summed E-state index contributed by atoms with van der Waals surface area (Å²) in [5.41, 5.74) is -0.612. The Bertz CT molecular complexity index is 305. The number of rotatable bonds is 1. The molecule has 3 fully saturated rings. The third-order valence-corrected chi connectivity index (χ3v) is 3.82. The number of ether oxygens (including phenoxy) is 4. The van der Waals surface area contributed by atoms with Crippen LogP contribution in [0.1, 0.15) is 26.7 Å². The van der Waals surface area contributed by atoms with Crippen molar-refractivity contribution in [2.45, 2.75) is 62.7 Å². The zero-order valence-electron chi connectivity index (χ0n) is 9.80. The number of hydrogen-bond donors (Lipinski definition) is 1. The normalized spacial score (nSPS) is 54.0. The second-order valence-electron chi connectivity index (χ2n) is 5.25. The predicted molar refractivity (Wildman–Crippen MR) is 53.7 cm³/mol. The molecule has 5 atom stereocenters. The van der Waals surface area contributed by atoms with Crippen molar-refractivity contribution in [2.75, 3.05) is 7.11 Å². The third kappa shape index (κ3) is 1.23. The monoisotopic (exact) mass is 230 g/mol. The molecule has 0 aromatic heterocycles. The van der Waals surface area contributed by atoms with Gasteiger partial charge < -0.3 is 24.1 Å². The van der Waals surface area contributed by atoms with Gasteiger partial charge in [0.25, 0.3) is 0 Å². The van der Waals surface area contributed by atoms with Crippen molar-refractivity contribution in [1.29, 1.82) is 0 Å². The lowest BCUT2D eigenvalue weighted by molar-refractivity contribution is -0.289. The molecule has 5 nitrogen and oxygen atoms in total. The van der Waals surface area contributed by atoms with Gasteiger partial charge in [-0.1, -0.05) is 0 Å². The van der Waals surface area contributed by atoms with Gasteiger partial charge >= 0.3 is 0 Å². The van der Waals surface area contributed by atoms with Crippen molar-refractivity contribution < 1.29 is 24.1 Å². The van der Waals surface area contributed by atoms with Gasteiger partial charge in [-0.2, -0.15) is 0 Å². The predicted octanol–water partition coefficient (Wildman–Crippen LogP) is 0.403. The summed E-state index contributed by atoms with van der Waals surface area (Å²) in [5, 5.41) is 9.91. The minimum absolute atomic E-state index is 0.226. The first-order valence-electron chi connectivity index (χ1n) is 5.73. The lowest BCUT2D eigenvalue weighted by Crippen LogP contribution is -2.59. The molecule has 92 valence electrons. The highest BCUT2D eigenvalue weighted by Gasteiger charge is 2.68. The summed E-state index contributed by atoms with van der Waals surface area (Å²) < 4.78 is 22.7. The molecule has 0 bridgehead atoms. The third-order valence-electron chi connectivity index (χ3n) is 3.82.